The van der Waals surface area contributed by atoms with E-state index >= 15 is 0 Å². The van der Waals surface area contributed by atoms with Crippen LogP contribution in [0.5, 0.6) is 0 Å². The van der Waals surface area contributed by atoms with E-state index in [1.54, 1.807) is 17.0 Å². The molecule has 0 unspecified atom stereocenters. The number of nitrogens with zero attached hydrogens (tertiary/aromatic N) is 1. The van der Waals surface area contributed by atoms with Gasteiger partial charge in [0.2, 0.25) is 15.9 Å². The van der Waals surface area contributed by atoms with Gasteiger partial charge < -0.3 is 4.90 Å². The van der Waals surface area contributed by atoms with Crippen molar-refractivity contribution in [1.29, 1.82) is 0 Å². The Bertz CT molecular complexity index is 921. The van der Waals surface area contributed by atoms with Gasteiger partial charge in [0.15, 0.2) is 0 Å². The summed E-state index contributed by atoms with van der Waals surface area (Å²) in [7, 11) is -3.74. The van der Waals surface area contributed by atoms with Gasteiger partial charge in [-0.15, -0.1) is 0 Å². The van der Waals surface area contributed by atoms with Crippen molar-refractivity contribution in [3.63, 3.8) is 0 Å². The number of carbonyl (C=O) groups excluding carboxylic acids is 1. The van der Waals surface area contributed by atoms with Crippen molar-refractivity contribution < 1.29 is 13.2 Å². The Morgan fingerprint density at radius 2 is 1.81 bits per heavy atom. The van der Waals surface area contributed by atoms with Gasteiger partial charge >= 0.3 is 0 Å². The van der Waals surface area contributed by atoms with E-state index in [-0.39, 0.29) is 16.2 Å². The van der Waals surface area contributed by atoms with Crippen LogP contribution < -0.4 is 5.14 Å². The molecule has 3 rings (SSSR count). The van der Waals surface area contributed by atoms with E-state index in [1.165, 1.54) is 6.07 Å². The minimum Gasteiger partial charge on any atom is -0.338 e. The fraction of sp³-hybridized carbons (Fsp3) is 0.350. The third kappa shape index (κ3) is 3.97. The van der Waals surface area contributed by atoms with Crippen molar-refractivity contribution in [2.45, 2.75) is 43.5 Å². The third-order valence-corrected chi connectivity index (χ3v) is 5.93. The molecule has 0 spiro atoms. The van der Waals surface area contributed by atoms with Crippen LogP contribution in [0.4, 0.5) is 0 Å². The first-order chi connectivity index (χ1) is 12.2. The van der Waals surface area contributed by atoms with Crippen molar-refractivity contribution in [3.8, 4) is 0 Å². The van der Waals surface area contributed by atoms with E-state index in [2.05, 4.69) is 13.8 Å². The van der Waals surface area contributed by atoms with Gasteiger partial charge in [-0.25, -0.2) is 13.6 Å². The van der Waals surface area contributed by atoms with Gasteiger partial charge in [-0.05, 0) is 40.7 Å². The standard InChI is InChI=1S/C20H24N2O3S/c1-20(2,17-6-4-3-5-7-17)13-19(23)22-11-10-15-8-9-18(26(21,24)25)12-16(15)14-22/h3-9,12H,10-11,13-14H2,1-2H3,(H2,21,24,25). The predicted octanol–water partition coefficient (Wildman–Crippen LogP) is 2.59. The van der Waals surface area contributed by atoms with Crippen LogP contribution in [0.2, 0.25) is 0 Å². The fourth-order valence-electron chi connectivity index (χ4n) is 3.40. The summed E-state index contributed by atoms with van der Waals surface area (Å²) in [5.74, 6) is 0.0745. The average molecular weight is 372 g/mol. The van der Waals surface area contributed by atoms with Crippen molar-refractivity contribution >= 4 is 15.9 Å². The van der Waals surface area contributed by atoms with Crippen LogP contribution in [0.25, 0.3) is 0 Å². The summed E-state index contributed by atoms with van der Waals surface area (Å²) in [4.78, 5) is 14.8. The van der Waals surface area contributed by atoms with Crippen LogP contribution in [0.3, 0.4) is 0 Å². The number of primary sulfonamides is 1. The van der Waals surface area contributed by atoms with Crippen LogP contribution in [0.1, 0.15) is 37.0 Å². The maximum absolute atomic E-state index is 12.9. The maximum Gasteiger partial charge on any atom is 0.238 e. The molecule has 26 heavy (non-hydrogen) atoms. The number of carbonyl (C=O) groups is 1. The van der Waals surface area contributed by atoms with E-state index in [4.69, 9.17) is 5.14 Å². The number of hydrogen-bond acceptors (Lipinski definition) is 3. The molecule has 1 amide bonds. The van der Waals surface area contributed by atoms with Crippen molar-refractivity contribution in [2.24, 2.45) is 5.14 Å². The SMILES string of the molecule is CC(C)(CC(=O)N1CCc2ccc(S(N)(=O)=O)cc2C1)c1ccccc1. The second-order valence-electron chi connectivity index (χ2n) is 7.47. The minimum atomic E-state index is -3.74. The highest BCUT2D eigenvalue weighted by Gasteiger charge is 2.29. The van der Waals surface area contributed by atoms with Gasteiger partial charge in [0, 0.05) is 19.5 Å². The summed E-state index contributed by atoms with van der Waals surface area (Å²) in [5, 5.41) is 5.22. The topological polar surface area (TPSA) is 80.5 Å². The fourth-order valence-corrected chi connectivity index (χ4v) is 3.97. The molecule has 0 bridgehead atoms. The zero-order valence-corrected chi connectivity index (χ0v) is 15.9. The van der Waals surface area contributed by atoms with Crippen LogP contribution in [0.15, 0.2) is 53.4 Å². The Balaban J connectivity index is 1.77. The quantitative estimate of drug-likeness (QED) is 0.896. The van der Waals surface area contributed by atoms with Gasteiger partial charge in [0.1, 0.15) is 0 Å². The highest BCUT2D eigenvalue weighted by atomic mass is 32.2. The van der Waals surface area contributed by atoms with Gasteiger partial charge in [0.05, 0.1) is 4.90 Å². The number of sulfonamides is 1. The van der Waals surface area contributed by atoms with E-state index in [0.29, 0.717) is 19.5 Å². The first kappa shape index (κ1) is 18.6. The number of benzene rings is 2. The lowest BCUT2D eigenvalue weighted by Gasteiger charge is -2.33. The second-order valence-corrected chi connectivity index (χ2v) is 9.03. The molecule has 0 fully saturated rings. The summed E-state index contributed by atoms with van der Waals surface area (Å²) in [6.07, 6.45) is 1.12. The monoisotopic (exact) mass is 372 g/mol. The Kier molecular flexibility index (Phi) is 4.90. The summed E-state index contributed by atoms with van der Waals surface area (Å²) in [5.41, 5.74) is 2.79. The molecule has 2 N–H and O–H groups in total. The summed E-state index contributed by atoms with van der Waals surface area (Å²) >= 11 is 0. The summed E-state index contributed by atoms with van der Waals surface area (Å²) in [6, 6.07) is 14.9. The highest BCUT2D eigenvalue weighted by Crippen LogP contribution is 2.29. The molecule has 0 saturated carbocycles. The smallest absolute Gasteiger partial charge is 0.238 e. The molecule has 6 heteroatoms. The minimum absolute atomic E-state index is 0.0745. The van der Waals surface area contributed by atoms with Gasteiger partial charge in [-0.3, -0.25) is 4.79 Å². The molecule has 5 nitrogen and oxygen atoms in total. The van der Waals surface area contributed by atoms with E-state index < -0.39 is 10.0 Å². The zero-order valence-electron chi connectivity index (χ0n) is 15.1. The van der Waals surface area contributed by atoms with Crippen molar-refractivity contribution in [2.75, 3.05) is 6.54 Å². The third-order valence-electron chi connectivity index (χ3n) is 5.02. The van der Waals surface area contributed by atoms with Gasteiger partial charge in [0.25, 0.3) is 0 Å². The largest absolute Gasteiger partial charge is 0.338 e. The molecule has 1 heterocycles. The van der Waals surface area contributed by atoms with Crippen LogP contribution in [0, 0.1) is 0 Å². The Morgan fingerprint density at radius 3 is 2.46 bits per heavy atom. The Morgan fingerprint density at radius 1 is 1.12 bits per heavy atom. The van der Waals surface area contributed by atoms with E-state index in [0.717, 1.165) is 23.1 Å². The molecule has 0 aliphatic carbocycles. The highest BCUT2D eigenvalue weighted by molar-refractivity contribution is 7.89. The van der Waals surface area contributed by atoms with Crippen LogP contribution in [-0.4, -0.2) is 25.8 Å². The molecule has 2 aromatic rings. The molecular weight excluding hydrogens is 348 g/mol. The molecule has 2 aromatic carbocycles. The van der Waals surface area contributed by atoms with Gasteiger partial charge in [-0.2, -0.15) is 0 Å². The average Bonchev–Trinajstić information content (AvgIpc) is 2.60. The van der Waals surface area contributed by atoms with Gasteiger partial charge in [-0.1, -0.05) is 50.2 Å². The van der Waals surface area contributed by atoms with Crippen molar-refractivity contribution in [1.82, 2.24) is 4.90 Å². The lowest BCUT2D eigenvalue weighted by atomic mass is 9.81. The lowest BCUT2D eigenvalue weighted by Crippen LogP contribution is -2.39. The molecule has 1 aliphatic rings. The van der Waals surface area contributed by atoms with Crippen LogP contribution in [-0.2, 0) is 33.2 Å². The Hall–Kier alpha value is -2.18. The van der Waals surface area contributed by atoms with E-state index in [1.807, 2.05) is 30.3 Å². The first-order valence-electron chi connectivity index (χ1n) is 8.65. The molecule has 1 aliphatic heterocycles. The number of amides is 1. The van der Waals surface area contributed by atoms with Crippen molar-refractivity contribution in [3.05, 3.63) is 65.2 Å². The van der Waals surface area contributed by atoms with Crippen LogP contribution >= 0.6 is 0 Å². The lowest BCUT2D eigenvalue weighted by molar-refractivity contribution is -0.133. The predicted molar refractivity (Wildman–Crippen MR) is 101 cm³/mol. The molecule has 0 atom stereocenters. The van der Waals surface area contributed by atoms with E-state index in [9.17, 15) is 13.2 Å². The molecule has 138 valence electrons. The molecular formula is C20H24N2O3S. The normalized spacial score (nSPS) is 14.8. The number of hydrogen-bond donors (Lipinski definition) is 1. The Labute approximate surface area is 154 Å². The number of rotatable bonds is 4. The molecule has 0 aromatic heterocycles. The molecule has 0 saturated heterocycles. The number of nitrogens with two attached hydrogens (primary N) is 1. The summed E-state index contributed by atoms with van der Waals surface area (Å²) < 4.78 is 23.2. The zero-order chi connectivity index (χ0) is 18.9. The molecule has 0 radical (unpaired) electrons. The maximum atomic E-state index is 12.9. The summed E-state index contributed by atoms with van der Waals surface area (Å²) in [6.45, 7) is 5.20. The first-order valence-corrected chi connectivity index (χ1v) is 10.2. The second kappa shape index (κ2) is 6.85. The number of fused-ring (bicyclic) bond motifs is 1.